The van der Waals surface area contributed by atoms with Crippen molar-refractivity contribution in [1.29, 1.82) is 0 Å². The third kappa shape index (κ3) is 5.43. The van der Waals surface area contributed by atoms with Crippen molar-refractivity contribution in [2.75, 3.05) is 11.2 Å². The Bertz CT molecular complexity index is 1350. The molecule has 4 aromatic carbocycles. The van der Waals surface area contributed by atoms with E-state index in [1.165, 1.54) is 0 Å². The fourth-order valence-corrected chi connectivity index (χ4v) is 8.16. The molecule has 0 aliphatic heterocycles. The van der Waals surface area contributed by atoms with E-state index >= 15 is 0 Å². The molecule has 0 aromatic heterocycles. The molecule has 0 radical (unpaired) electrons. The molecule has 0 heterocycles. The van der Waals surface area contributed by atoms with Gasteiger partial charge in [-0.2, -0.15) is 4.15 Å². The molecular formula is C27H23N2O2PS. The van der Waals surface area contributed by atoms with Crippen molar-refractivity contribution >= 4 is 39.1 Å². The number of hydrogen-bond donors (Lipinski definition) is 0. The van der Waals surface area contributed by atoms with Crippen LogP contribution in [0, 0.1) is 11.7 Å². The lowest BCUT2D eigenvalue weighted by molar-refractivity contribution is 0.604. The van der Waals surface area contributed by atoms with Crippen molar-refractivity contribution in [3.8, 4) is 11.7 Å². The third-order valence-corrected chi connectivity index (χ3v) is 9.56. The lowest BCUT2D eigenvalue weighted by Crippen LogP contribution is -2.17. The molecule has 0 aliphatic rings. The van der Waals surface area contributed by atoms with Crippen molar-refractivity contribution in [1.82, 2.24) is 0 Å². The lowest BCUT2D eigenvalue weighted by Gasteiger charge is -2.22. The Morgan fingerprint density at radius 1 is 0.636 bits per heavy atom. The van der Waals surface area contributed by atoms with Gasteiger partial charge in [0.05, 0.1) is 17.6 Å². The Balaban J connectivity index is 2.03. The quantitative estimate of drug-likeness (QED) is 0.218. The molecule has 0 bridgehead atoms. The number of anilines is 2. The molecule has 4 aromatic rings. The molecule has 4 nitrogen and oxygen atoms in total. The van der Waals surface area contributed by atoms with Crippen molar-refractivity contribution < 1.29 is 8.42 Å². The summed E-state index contributed by atoms with van der Waals surface area (Å²) < 4.78 is 29.5. The molecule has 0 saturated heterocycles. The average molecular weight is 471 g/mol. The second-order valence-electron chi connectivity index (χ2n) is 7.35. The second-order valence-corrected chi connectivity index (χ2v) is 12.0. The van der Waals surface area contributed by atoms with E-state index in [1.54, 1.807) is 0 Å². The lowest BCUT2D eigenvalue weighted by atomic mass is 10.2. The standard InChI is InChI=1S/C27H23N2O2PS/c1-33(30,31)28-32(26-18-10-4-11-19-26,27-20-12-5-13-21-27)23-22-29(24-14-6-2-7-15-24)25-16-8-3-9-17-25/h2-21H,1H3. The normalized spacial score (nSPS) is 11.2. The highest BCUT2D eigenvalue weighted by molar-refractivity contribution is 7.98. The van der Waals surface area contributed by atoms with Gasteiger partial charge in [-0.25, -0.2) is 8.42 Å². The Hall–Kier alpha value is -3.58. The molecule has 0 atom stereocenters. The van der Waals surface area contributed by atoms with Crippen molar-refractivity contribution in [3.05, 3.63) is 121 Å². The molecule has 0 N–H and O–H groups in total. The highest BCUT2D eigenvalue weighted by atomic mass is 32.2. The van der Waals surface area contributed by atoms with Gasteiger partial charge in [0.1, 0.15) is 7.05 Å². The van der Waals surface area contributed by atoms with Gasteiger partial charge in [-0.15, -0.1) is 0 Å². The zero-order valence-electron chi connectivity index (χ0n) is 18.1. The van der Waals surface area contributed by atoms with Crippen molar-refractivity contribution in [2.45, 2.75) is 0 Å². The third-order valence-electron chi connectivity index (χ3n) is 4.88. The molecule has 6 heteroatoms. The maximum atomic E-state index is 12.6. The SMILES string of the molecule is CS(=O)(=O)N=P(C#CN(c1ccccc1)c1ccccc1)(c1ccccc1)c1ccccc1. The Labute approximate surface area is 195 Å². The minimum absolute atomic E-state index is 0.787. The van der Waals surface area contributed by atoms with E-state index in [0.29, 0.717) is 0 Å². The first-order valence-corrected chi connectivity index (χ1v) is 13.9. The predicted molar refractivity (Wildman–Crippen MR) is 139 cm³/mol. The highest BCUT2D eigenvalue weighted by Crippen LogP contribution is 2.47. The van der Waals surface area contributed by atoms with Crippen molar-refractivity contribution in [3.63, 3.8) is 0 Å². The summed E-state index contributed by atoms with van der Waals surface area (Å²) >= 11 is 0. The van der Waals surface area contributed by atoms with Crippen LogP contribution in [0.15, 0.2) is 125 Å². The Morgan fingerprint density at radius 3 is 1.36 bits per heavy atom. The zero-order chi connectivity index (χ0) is 23.2. The van der Waals surface area contributed by atoms with E-state index in [2.05, 4.69) is 15.9 Å². The summed E-state index contributed by atoms with van der Waals surface area (Å²) in [4.78, 5) is 1.87. The number of hydrogen-bond acceptors (Lipinski definition) is 3. The van der Waals surface area contributed by atoms with Crippen LogP contribution in [0.2, 0.25) is 0 Å². The fraction of sp³-hybridized carbons (Fsp3) is 0.0370. The number of benzene rings is 4. The number of nitrogens with zero attached hydrogens (tertiary/aromatic N) is 2. The largest absolute Gasteiger partial charge is 0.270 e. The molecule has 0 fully saturated rings. The summed E-state index contributed by atoms with van der Waals surface area (Å²) in [7, 11) is -6.68. The first-order chi connectivity index (χ1) is 16.0. The maximum Gasteiger partial charge on any atom is 0.250 e. The van der Waals surface area contributed by atoms with Gasteiger partial charge in [-0.1, -0.05) is 97.1 Å². The summed E-state index contributed by atoms with van der Waals surface area (Å²) in [5.41, 5.74) is 5.13. The van der Waals surface area contributed by atoms with Gasteiger partial charge in [0.2, 0.25) is 10.0 Å². The minimum atomic E-state index is -3.70. The van der Waals surface area contributed by atoms with Crippen LogP contribution >= 0.6 is 7.05 Å². The van der Waals surface area contributed by atoms with Crippen LogP contribution in [0.5, 0.6) is 0 Å². The van der Waals surface area contributed by atoms with Gasteiger partial charge in [-0.05, 0) is 29.9 Å². The van der Waals surface area contributed by atoms with E-state index in [9.17, 15) is 8.42 Å². The predicted octanol–water partition coefficient (Wildman–Crippen LogP) is 5.55. The van der Waals surface area contributed by atoms with Crippen LogP contribution in [0.3, 0.4) is 0 Å². The summed E-state index contributed by atoms with van der Waals surface area (Å²) in [6.07, 6.45) is 1.13. The summed E-state index contributed by atoms with van der Waals surface area (Å²) in [5.74, 6) is 0. The summed E-state index contributed by atoms with van der Waals surface area (Å²) in [5, 5.41) is 1.57. The Kier molecular flexibility index (Phi) is 6.79. The first kappa shape index (κ1) is 22.6. The monoisotopic (exact) mass is 470 g/mol. The zero-order valence-corrected chi connectivity index (χ0v) is 19.8. The van der Waals surface area contributed by atoms with E-state index in [0.717, 1.165) is 28.2 Å². The topological polar surface area (TPSA) is 49.7 Å². The van der Waals surface area contributed by atoms with Crippen LogP contribution in [0.25, 0.3) is 0 Å². The molecule has 0 saturated carbocycles. The van der Waals surface area contributed by atoms with Gasteiger partial charge in [0, 0.05) is 16.7 Å². The fourth-order valence-electron chi connectivity index (χ4n) is 3.46. The number of sulfonamides is 1. The van der Waals surface area contributed by atoms with Crippen LogP contribution in [-0.4, -0.2) is 14.7 Å². The van der Waals surface area contributed by atoms with Crippen molar-refractivity contribution in [2.24, 2.45) is 4.15 Å². The van der Waals surface area contributed by atoms with Crippen LogP contribution in [0.1, 0.15) is 0 Å². The molecule has 0 unspecified atom stereocenters. The van der Waals surface area contributed by atoms with E-state index in [4.69, 9.17) is 0 Å². The van der Waals surface area contributed by atoms with Gasteiger partial charge >= 0.3 is 0 Å². The molecule has 33 heavy (non-hydrogen) atoms. The van der Waals surface area contributed by atoms with E-state index in [1.807, 2.05) is 126 Å². The van der Waals surface area contributed by atoms with E-state index < -0.39 is 17.1 Å². The number of para-hydroxylation sites is 2. The van der Waals surface area contributed by atoms with Gasteiger partial charge in [0.25, 0.3) is 0 Å². The van der Waals surface area contributed by atoms with Gasteiger partial charge in [0.15, 0.2) is 0 Å². The average Bonchev–Trinajstić information content (AvgIpc) is 2.85. The highest BCUT2D eigenvalue weighted by Gasteiger charge is 2.26. The van der Waals surface area contributed by atoms with Gasteiger partial charge in [-0.3, -0.25) is 4.90 Å². The van der Waals surface area contributed by atoms with Crippen LogP contribution < -0.4 is 15.5 Å². The molecular weight excluding hydrogens is 447 g/mol. The smallest absolute Gasteiger partial charge is 0.250 e. The molecule has 4 rings (SSSR count). The molecule has 0 spiro atoms. The van der Waals surface area contributed by atoms with Gasteiger partial charge < -0.3 is 0 Å². The van der Waals surface area contributed by atoms with Crippen LogP contribution in [-0.2, 0) is 10.0 Å². The second kappa shape index (κ2) is 9.92. The molecule has 164 valence electrons. The number of rotatable bonds is 5. The summed E-state index contributed by atoms with van der Waals surface area (Å²) in [6, 6.07) is 41.8. The molecule has 0 aliphatic carbocycles. The van der Waals surface area contributed by atoms with Crippen LogP contribution in [0.4, 0.5) is 11.4 Å². The first-order valence-electron chi connectivity index (χ1n) is 10.4. The minimum Gasteiger partial charge on any atom is -0.270 e. The maximum absolute atomic E-state index is 12.6. The van der Waals surface area contributed by atoms with E-state index in [-0.39, 0.29) is 0 Å². The molecule has 0 amide bonds. The Morgan fingerprint density at radius 2 is 1.00 bits per heavy atom. The summed E-state index contributed by atoms with van der Waals surface area (Å²) in [6.45, 7) is 0.